The third kappa shape index (κ3) is 6.95. The van der Waals surface area contributed by atoms with Gasteiger partial charge in [-0.05, 0) is 70.7 Å². The maximum Gasteiger partial charge on any atom is 0.121 e. The Morgan fingerprint density at radius 2 is 1.75 bits per heavy atom. The first-order valence-electron chi connectivity index (χ1n) is 7.81. The molecule has 1 rings (SSSR count). The first kappa shape index (κ1) is 17.0. The molecule has 1 N–H and O–H groups in total. The van der Waals surface area contributed by atoms with Crippen molar-refractivity contribution in [1.82, 2.24) is 5.32 Å². The molecule has 20 heavy (non-hydrogen) atoms. The molecule has 0 saturated carbocycles. The zero-order valence-corrected chi connectivity index (χ0v) is 13.9. The zero-order chi connectivity index (χ0) is 15.0. The Hall–Kier alpha value is -1.02. The van der Waals surface area contributed by atoms with Crippen LogP contribution in [0.25, 0.3) is 0 Å². The topological polar surface area (TPSA) is 21.3 Å². The van der Waals surface area contributed by atoms with Gasteiger partial charge in [0.15, 0.2) is 0 Å². The average Bonchev–Trinajstić information content (AvgIpc) is 2.36. The van der Waals surface area contributed by atoms with Crippen molar-refractivity contribution in [2.45, 2.75) is 65.3 Å². The summed E-state index contributed by atoms with van der Waals surface area (Å²) in [6, 6.07) is 6.52. The highest BCUT2D eigenvalue weighted by molar-refractivity contribution is 5.36. The molecule has 0 saturated heterocycles. The number of benzene rings is 1. The van der Waals surface area contributed by atoms with Crippen LogP contribution in [0.15, 0.2) is 18.2 Å². The fraction of sp³-hybridized carbons (Fsp3) is 0.667. The van der Waals surface area contributed by atoms with Crippen LogP contribution in [0.3, 0.4) is 0 Å². The smallest absolute Gasteiger partial charge is 0.121 e. The fourth-order valence-corrected chi connectivity index (χ4v) is 2.37. The summed E-state index contributed by atoms with van der Waals surface area (Å²) in [5.74, 6) is 0.988. The van der Waals surface area contributed by atoms with Gasteiger partial charge in [0.25, 0.3) is 0 Å². The van der Waals surface area contributed by atoms with Crippen LogP contribution >= 0.6 is 0 Å². The third-order valence-electron chi connectivity index (χ3n) is 3.51. The molecule has 0 aromatic heterocycles. The van der Waals surface area contributed by atoms with Crippen LogP contribution < -0.4 is 10.1 Å². The Morgan fingerprint density at radius 1 is 1.05 bits per heavy atom. The third-order valence-corrected chi connectivity index (χ3v) is 3.51. The second kappa shape index (κ2) is 8.31. The van der Waals surface area contributed by atoms with Gasteiger partial charge >= 0.3 is 0 Å². The maximum atomic E-state index is 5.29. The van der Waals surface area contributed by atoms with Gasteiger partial charge in [0, 0.05) is 5.54 Å². The zero-order valence-electron chi connectivity index (χ0n) is 13.9. The number of ether oxygens (including phenoxy) is 1. The summed E-state index contributed by atoms with van der Waals surface area (Å²) in [6.45, 7) is 9.91. The standard InChI is InChI=1S/C18H31NO/c1-15-14-16(11-12-17(15)20-5)10-8-6-7-9-13-19-18(2,3)4/h11-12,14,19H,6-10,13H2,1-5H3. The van der Waals surface area contributed by atoms with E-state index >= 15 is 0 Å². The molecule has 2 nitrogen and oxygen atoms in total. The average molecular weight is 277 g/mol. The van der Waals surface area contributed by atoms with E-state index in [2.05, 4.69) is 51.2 Å². The molecular weight excluding hydrogens is 246 g/mol. The van der Waals surface area contributed by atoms with Crippen molar-refractivity contribution < 1.29 is 4.74 Å². The van der Waals surface area contributed by atoms with E-state index in [9.17, 15) is 0 Å². The first-order chi connectivity index (χ1) is 9.42. The van der Waals surface area contributed by atoms with E-state index in [0.717, 1.165) is 12.3 Å². The van der Waals surface area contributed by atoms with Crippen molar-refractivity contribution in [2.24, 2.45) is 0 Å². The molecule has 0 radical (unpaired) electrons. The normalized spacial score (nSPS) is 11.7. The molecule has 0 aliphatic rings. The number of rotatable bonds is 8. The lowest BCUT2D eigenvalue weighted by Gasteiger charge is -2.20. The largest absolute Gasteiger partial charge is 0.496 e. The predicted molar refractivity (Wildman–Crippen MR) is 87.7 cm³/mol. The van der Waals surface area contributed by atoms with Crippen LogP contribution in [-0.2, 0) is 6.42 Å². The van der Waals surface area contributed by atoms with Gasteiger partial charge in [0.1, 0.15) is 5.75 Å². The predicted octanol–water partition coefficient (Wildman–Crippen LogP) is 4.49. The number of methoxy groups -OCH3 is 1. The number of unbranched alkanes of at least 4 members (excludes halogenated alkanes) is 3. The minimum absolute atomic E-state index is 0.251. The highest BCUT2D eigenvalue weighted by atomic mass is 16.5. The number of aryl methyl sites for hydroxylation is 2. The molecule has 0 heterocycles. The highest BCUT2D eigenvalue weighted by Crippen LogP contribution is 2.19. The Balaban J connectivity index is 2.14. The molecule has 2 heteroatoms. The molecule has 0 aliphatic carbocycles. The second-order valence-electron chi connectivity index (χ2n) is 6.64. The number of hydrogen-bond acceptors (Lipinski definition) is 2. The van der Waals surface area contributed by atoms with Gasteiger partial charge in [-0.25, -0.2) is 0 Å². The highest BCUT2D eigenvalue weighted by Gasteiger charge is 2.06. The minimum Gasteiger partial charge on any atom is -0.496 e. The van der Waals surface area contributed by atoms with E-state index in [1.165, 1.54) is 43.2 Å². The number of hydrogen-bond donors (Lipinski definition) is 1. The van der Waals surface area contributed by atoms with Crippen molar-refractivity contribution in [3.8, 4) is 5.75 Å². The lowest BCUT2D eigenvalue weighted by molar-refractivity contribution is 0.411. The van der Waals surface area contributed by atoms with Crippen molar-refractivity contribution in [3.63, 3.8) is 0 Å². The molecule has 1 aromatic carbocycles. The fourth-order valence-electron chi connectivity index (χ4n) is 2.37. The summed E-state index contributed by atoms with van der Waals surface area (Å²) in [4.78, 5) is 0. The van der Waals surface area contributed by atoms with Gasteiger partial charge in [-0.3, -0.25) is 0 Å². The molecule has 1 aromatic rings. The monoisotopic (exact) mass is 277 g/mol. The van der Waals surface area contributed by atoms with Crippen LogP contribution in [0.2, 0.25) is 0 Å². The Labute approximate surface area is 124 Å². The molecule has 0 spiro atoms. The van der Waals surface area contributed by atoms with E-state index in [0.29, 0.717) is 0 Å². The minimum atomic E-state index is 0.251. The molecule has 0 aliphatic heterocycles. The molecule has 0 bridgehead atoms. The van der Waals surface area contributed by atoms with Crippen molar-refractivity contribution in [1.29, 1.82) is 0 Å². The second-order valence-corrected chi connectivity index (χ2v) is 6.64. The van der Waals surface area contributed by atoms with Gasteiger partial charge in [-0.2, -0.15) is 0 Å². The lowest BCUT2D eigenvalue weighted by Crippen LogP contribution is -2.36. The summed E-state index contributed by atoms with van der Waals surface area (Å²) < 4.78 is 5.29. The van der Waals surface area contributed by atoms with E-state index in [-0.39, 0.29) is 5.54 Å². The summed E-state index contributed by atoms with van der Waals surface area (Å²) in [5.41, 5.74) is 2.91. The van der Waals surface area contributed by atoms with Crippen LogP contribution in [0.4, 0.5) is 0 Å². The maximum absolute atomic E-state index is 5.29. The van der Waals surface area contributed by atoms with E-state index < -0.39 is 0 Å². The first-order valence-corrected chi connectivity index (χ1v) is 7.81. The Kier molecular flexibility index (Phi) is 7.08. The van der Waals surface area contributed by atoms with E-state index in [4.69, 9.17) is 4.74 Å². The van der Waals surface area contributed by atoms with Gasteiger partial charge < -0.3 is 10.1 Å². The van der Waals surface area contributed by atoms with Gasteiger partial charge in [0.05, 0.1) is 7.11 Å². The molecule has 0 amide bonds. The van der Waals surface area contributed by atoms with Crippen LogP contribution in [0, 0.1) is 6.92 Å². The Bertz CT molecular complexity index is 393. The van der Waals surface area contributed by atoms with Crippen LogP contribution in [0.1, 0.15) is 57.6 Å². The summed E-state index contributed by atoms with van der Waals surface area (Å²) in [5, 5.41) is 3.54. The molecule has 0 unspecified atom stereocenters. The van der Waals surface area contributed by atoms with Gasteiger partial charge in [0.2, 0.25) is 0 Å². The lowest BCUT2D eigenvalue weighted by atomic mass is 10.0. The number of nitrogens with one attached hydrogen (secondary N) is 1. The van der Waals surface area contributed by atoms with Crippen LogP contribution in [0.5, 0.6) is 5.75 Å². The molecule has 0 fully saturated rings. The molecular formula is C18H31NO. The Morgan fingerprint density at radius 3 is 2.35 bits per heavy atom. The SMILES string of the molecule is COc1ccc(CCCCCCNC(C)(C)C)cc1C. The summed E-state index contributed by atoms with van der Waals surface area (Å²) >= 11 is 0. The summed E-state index contributed by atoms with van der Waals surface area (Å²) in [7, 11) is 1.73. The quantitative estimate of drug-likeness (QED) is 0.707. The molecule has 114 valence electrons. The molecule has 0 atom stereocenters. The van der Waals surface area contributed by atoms with Gasteiger partial charge in [-0.1, -0.05) is 25.0 Å². The van der Waals surface area contributed by atoms with E-state index in [1.807, 2.05) is 0 Å². The van der Waals surface area contributed by atoms with Gasteiger partial charge in [-0.15, -0.1) is 0 Å². The van der Waals surface area contributed by atoms with E-state index in [1.54, 1.807) is 7.11 Å². The van der Waals surface area contributed by atoms with Crippen molar-refractivity contribution in [3.05, 3.63) is 29.3 Å². The van der Waals surface area contributed by atoms with Crippen molar-refractivity contribution in [2.75, 3.05) is 13.7 Å². The summed E-state index contributed by atoms with van der Waals surface area (Å²) in [6.07, 6.45) is 6.37. The van der Waals surface area contributed by atoms with Crippen LogP contribution in [-0.4, -0.2) is 19.2 Å². The van der Waals surface area contributed by atoms with Crippen molar-refractivity contribution >= 4 is 0 Å².